The van der Waals surface area contributed by atoms with E-state index in [1.54, 1.807) is 11.0 Å². The number of benzene rings is 1. The topological polar surface area (TPSA) is 70.5 Å². The number of para-hydroxylation sites is 2. The van der Waals surface area contributed by atoms with Crippen molar-refractivity contribution in [3.8, 4) is 0 Å². The van der Waals surface area contributed by atoms with Crippen LogP contribution in [0.1, 0.15) is 32.6 Å². The van der Waals surface area contributed by atoms with Gasteiger partial charge in [0.05, 0.1) is 16.4 Å². The lowest BCUT2D eigenvalue weighted by molar-refractivity contribution is -0.189. The van der Waals surface area contributed by atoms with E-state index < -0.39 is 17.6 Å². The summed E-state index contributed by atoms with van der Waals surface area (Å²) >= 11 is 0. The van der Waals surface area contributed by atoms with E-state index in [9.17, 15) is 22.8 Å². The zero-order chi connectivity index (χ0) is 22.2. The van der Waals surface area contributed by atoms with Crippen molar-refractivity contribution < 1.29 is 22.8 Å². The molecule has 1 saturated carbocycles. The van der Waals surface area contributed by atoms with E-state index >= 15 is 0 Å². The standard InChI is InChI=1S/C21H26F3N5O2/c1-15(30)27-11-13-28(14-12-27)18-26-16-5-2-3-6-17(16)29(18)19(31)25-10-4-7-20(8-9-20)21(22,23)24/h2-3,5-6H,4,7-14H2,1H3,(H,25,31). The summed E-state index contributed by atoms with van der Waals surface area (Å²) in [5.74, 6) is 0.494. The fourth-order valence-corrected chi connectivity index (χ4v) is 4.17. The lowest BCUT2D eigenvalue weighted by atomic mass is 10.00. The van der Waals surface area contributed by atoms with E-state index in [0.717, 1.165) is 0 Å². The number of alkyl halides is 3. The Morgan fingerprint density at radius 2 is 1.81 bits per heavy atom. The van der Waals surface area contributed by atoms with Gasteiger partial charge < -0.3 is 15.1 Å². The second-order valence-corrected chi connectivity index (χ2v) is 8.34. The smallest absolute Gasteiger partial charge is 0.339 e. The summed E-state index contributed by atoms with van der Waals surface area (Å²) in [6, 6.07) is 6.84. The average Bonchev–Trinajstić information content (AvgIpc) is 3.44. The number of hydrogen-bond acceptors (Lipinski definition) is 4. The van der Waals surface area contributed by atoms with Gasteiger partial charge in [0.1, 0.15) is 0 Å². The lowest BCUT2D eigenvalue weighted by Gasteiger charge is -2.34. The van der Waals surface area contributed by atoms with Gasteiger partial charge in [0.15, 0.2) is 0 Å². The number of rotatable bonds is 5. The number of carbonyl (C=O) groups excluding carboxylic acids is 2. The van der Waals surface area contributed by atoms with Crippen LogP contribution < -0.4 is 10.2 Å². The lowest BCUT2D eigenvalue weighted by Crippen LogP contribution is -2.49. The fraction of sp³-hybridized carbons (Fsp3) is 0.571. The Bertz CT molecular complexity index is 975. The van der Waals surface area contributed by atoms with Crippen molar-refractivity contribution in [3.63, 3.8) is 0 Å². The van der Waals surface area contributed by atoms with Crippen LogP contribution in [0.4, 0.5) is 23.9 Å². The molecule has 1 aromatic carbocycles. The Morgan fingerprint density at radius 3 is 2.42 bits per heavy atom. The van der Waals surface area contributed by atoms with Gasteiger partial charge in [0, 0.05) is 39.6 Å². The van der Waals surface area contributed by atoms with Crippen molar-refractivity contribution in [3.05, 3.63) is 24.3 Å². The molecular formula is C21H26F3N5O2. The molecule has 168 valence electrons. The quantitative estimate of drug-likeness (QED) is 0.728. The first-order valence-corrected chi connectivity index (χ1v) is 10.5. The molecular weight excluding hydrogens is 411 g/mol. The van der Waals surface area contributed by atoms with Crippen molar-refractivity contribution in [2.45, 2.75) is 38.8 Å². The van der Waals surface area contributed by atoms with Crippen molar-refractivity contribution in [2.75, 3.05) is 37.6 Å². The van der Waals surface area contributed by atoms with Crippen molar-refractivity contribution in [2.24, 2.45) is 5.41 Å². The number of amides is 2. The summed E-state index contributed by atoms with van der Waals surface area (Å²) in [6.45, 7) is 3.87. The minimum absolute atomic E-state index is 0.0122. The molecule has 0 unspecified atom stereocenters. The number of nitrogens with zero attached hydrogens (tertiary/aromatic N) is 4. The molecule has 0 bridgehead atoms. The predicted molar refractivity (Wildman–Crippen MR) is 110 cm³/mol. The van der Waals surface area contributed by atoms with Gasteiger partial charge in [-0.1, -0.05) is 12.1 Å². The highest BCUT2D eigenvalue weighted by Crippen LogP contribution is 2.60. The SMILES string of the molecule is CC(=O)N1CCN(c2nc3ccccc3n2C(=O)NCCCC2(C(F)(F)F)CC2)CC1. The second-order valence-electron chi connectivity index (χ2n) is 8.34. The molecule has 1 N–H and O–H groups in total. The Balaban J connectivity index is 1.45. The molecule has 1 aliphatic heterocycles. The maximum atomic E-state index is 13.1. The number of fused-ring (bicyclic) bond motifs is 1. The average molecular weight is 437 g/mol. The molecule has 10 heteroatoms. The molecule has 1 saturated heterocycles. The number of imidazole rings is 1. The molecule has 2 amide bonds. The maximum Gasteiger partial charge on any atom is 0.394 e. The number of halogens is 3. The van der Waals surface area contributed by atoms with Gasteiger partial charge in [0.25, 0.3) is 0 Å². The van der Waals surface area contributed by atoms with Crippen molar-refractivity contribution in [1.29, 1.82) is 0 Å². The van der Waals surface area contributed by atoms with Gasteiger partial charge in [-0.05, 0) is 37.8 Å². The van der Waals surface area contributed by atoms with Gasteiger partial charge in [-0.3, -0.25) is 4.79 Å². The van der Waals surface area contributed by atoms with Crippen LogP contribution in [0.3, 0.4) is 0 Å². The summed E-state index contributed by atoms with van der Waals surface area (Å²) in [6.07, 6.45) is -3.53. The van der Waals surface area contributed by atoms with Crippen molar-refractivity contribution >= 4 is 28.9 Å². The monoisotopic (exact) mass is 437 g/mol. The highest BCUT2D eigenvalue weighted by atomic mass is 19.4. The summed E-state index contributed by atoms with van der Waals surface area (Å²) in [5.41, 5.74) is -0.255. The van der Waals surface area contributed by atoms with Gasteiger partial charge in [-0.15, -0.1) is 0 Å². The van der Waals surface area contributed by atoms with Gasteiger partial charge in [-0.25, -0.2) is 14.3 Å². The molecule has 2 heterocycles. The number of anilines is 1. The van der Waals surface area contributed by atoms with E-state index in [1.807, 2.05) is 23.1 Å². The third kappa shape index (κ3) is 4.20. The minimum atomic E-state index is -4.17. The van der Waals surface area contributed by atoms with Gasteiger partial charge in [-0.2, -0.15) is 13.2 Å². The van der Waals surface area contributed by atoms with Crippen LogP contribution in [0.15, 0.2) is 24.3 Å². The number of carbonyl (C=O) groups is 2. The molecule has 1 aromatic heterocycles. The van der Waals surface area contributed by atoms with E-state index in [1.165, 1.54) is 11.5 Å². The van der Waals surface area contributed by atoms with Crippen LogP contribution in [0.2, 0.25) is 0 Å². The molecule has 1 aliphatic carbocycles. The largest absolute Gasteiger partial charge is 0.394 e. The first-order valence-electron chi connectivity index (χ1n) is 10.5. The molecule has 2 aromatic rings. The Labute approximate surface area is 178 Å². The first-order chi connectivity index (χ1) is 14.7. The molecule has 31 heavy (non-hydrogen) atoms. The zero-order valence-corrected chi connectivity index (χ0v) is 17.4. The van der Waals surface area contributed by atoms with Crippen molar-refractivity contribution in [1.82, 2.24) is 19.8 Å². The van der Waals surface area contributed by atoms with E-state index in [0.29, 0.717) is 43.2 Å². The Kier molecular flexibility index (Phi) is 5.57. The molecule has 7 nitrogen and oxygen atoms in total. The Hall–Kier alpha value is -2.78. The first kappa shape index (κ1) is 21.5. The maximum absolute atomic E-state index is 13.1. The third-order valence-electron chi connectivity index (χ3n) is 6.32. The van der Waals surface area contributed by atoms with Crippen LogP contribution in [-0.2, 0) is 4.79 Å². The van der Waals surface area contributed by atoms with Crippen LogP contribution in [0, 0.1) is 5.41 Å². The number of hydrogen-bond donors (Lipinski definition) is 1. The molecule has 0 atom stereocenters. The van der Waals surface area contributed by atoms with Gasteiger partial charge >= 0.3 is 12.2 Å². The summed E-state index contributed by atoms with van der Waals surface area (Å²) in [4.78, 5) is 32.9. The number of aromatic nitrogens is 2. The van der Waals surface area contributed by atoms with E-state index in [-0.39, 0.29) is 38.1 Å². The van der Waals surface area contributed by atoms with Crippen LogP contribution in [0.25, 0.3) is 11.0 Å². The number of nitrogens with one attached hydrogen (secondary N) is 1. The highest BCUT2D eigenvalue weighted by molar-refractivity contribution is 5.93. The third-order valence-corrected chi connectivity index (χ3v) is 6.32. The normalized spacial score (nSPS) is 18.3. The second kappa shape index (κ2) is 8.05. The van der Waals surface area contributed by atoms with E-state index in [2.05, 4.69) is 10.3 Å². The molecule has 2 aliphatic rings. The molecule has 2 fully saturated rings. The summed E-state index contributed by atoms with van der Waals surface area (Å²) < 4.78 is 40.7. The summed E-state index contributed by atoms with van der Waals surface area (Å²) in [7, 11) is 0. The van der Waals surface area contributed by atoms with Crippen LogP contribution >= 0.6 is 0 Å². The van der Waals surface area contributed by atoms with Gasteiger partial charge in [0.2, 0.25) is 11.9 Å². The predicted octanol–water partition coefficient (Wildman–Crippen LogP) is 3.39. The minimum Gasteiger partial charge on any atom is -0.339 e. The Morgan fingerprint density at radius 1 is 1.13 bits per heavy atom. The highest BCUT2D eigenvalue weighted by Gasteiger charge is 2.62. The molecule has 4 rings (SSSR count). The van der Waals surface area contributed by atoms with Crippen LogP contribution in [-0.4, -0.2) is 65.3 Å². The summed E-state index contributed by atoms with van der Waals surface area (Å²) in [5, 5.41) is 2.76. The van der Waals surface area contributed by atoms with E-state index in [4.69, 9.17) is 0 Å². The van der Waals surface area contributed by atoms with Crippen LogP contribution in [0.5, 0.6) is 0 Å². The number of piperazine rings is 1. The fourth-order valence-electron chi connectivity index (χ4n) is 4.17. The molecule has 0 radical (unpaired) electrons. The zero-order valence-electron chi connectivity index (χ0n) is 17.4. The molecule has 0 spiro atoms.